The lowest BCUT2D eigenvalue weighted by Gasteiger charge is -2.13. The number of carbonyl (C=O) groups is 1. The minimum absolute atomic E-state index is 0.131. The van der Waals surface area contributed by atoms with E-state index in [0.29, 0.717) is 29.6 Å². The maximum atomic E-state index is 12.5. The number of nitrogens with zero attached hydrogens (tertiary/aromatic N) is 3. The van der Waals surface area contributed by atoms with Crippen molar-refractivity contribution in [3.63, 3.8) is 0 Å². The first kappa shape index (κ1) is 17.7. The number of rotatable bonds is 5. The van der Waals surface area contributed by atoms with Crippen LogP contribution in [0.15, 0.2) is 53.6 Å². The van der Waals surface area contributed by atoms with Gasteiger partial charge in [-0.25, -0.2) is 4.98 Å². The average Bonchev–Trinajstić information content (AvgIpc) is 3.17. The van der Waals surface area contributed by atoms with E-state index in [1.807, 2.05) is 12.1 Å². The van der Waals surface area contributed by atoms with Crippen LogP contribution in [0.25, 0.3) is 11.4 Å². The molecule has 1 aliphatic heterocycles. The number of benzene rings is 1. The minimum Gasteiger partial charge on any atom is -0.454 e. The van der Waals surface area contributed by atoms with Gasteiger partial charge in [0.1, 0.15) is 12.4 Å². The van der Waals surface area contributed by atoms with Crippen molar-refractivity contribution in [3.8, 4) is 22.9 Å². The molecule has 8 nitrogen and oxygen atoms in total. The number of aromatic nitrogens is 3. The molecule has 0 bridgehead atoms. The van der Waals surface area contributed by atoms with Gasteiger partial charge in [-0.2, -0.15) is 0 Å². The van der Waals surface area contributed by atoms with Gasteiger partial charge in [-0.05, 0) is 36.8 Å². The van der Waals surface area contributed by atoms with E-state index in [0.717, 1.165) is 11.1 Å². The summed E-state index contributed by atoms with van der Waals surface area (Å²) in [4.78, 5) is 33.4. The predicted molar refractivity (Wildman–Crippen MR) is 101 cm³/mol. The van der Waals surface area contributed by atoms with E-state index in [2.05, 4.69) is 15.3 Å². The lowest BCUT2D eigenvalue weighted by molar-refractivity contribution is -0.121. The van der Waals surface area contributed by atoms with Crippen molar-refractivity contribution >= 4 is 5.91 Å². The van der Waals surface area contributed by atoms with E-state index in [1.165, 1.54) is 10.6 Å². The number of hydrogen-bond donors (Lipinski definition) is 1. The largest absolute Gasteiger partial charge is 0.454 e. The first-order chi connectivity index (χ1) is 13.6. The Balaban J connectivity index is 1.51. The van der Waals surface area contributed by atoms with Gasteiger partial charge in [-0.15, -0.1) is 0 Å². The number of fused-ring (bicyclic) bond motifs is 1. The molecule has 4 rings (SSSR count). The summed E-state index contributed by atoms with van der Waals surface area (Å²) in [5.74, 6) is 1.49. The predicted octanol–water partition coefficient (Wildman–Crippen LogP) is 1.66. The molecule has 1 aliphatic rings. The summed E-state index contributed by atoms with van der Waals surface area (Å²) in [6, 6.07) is 10.4. The van der Waals surface area contributed by atoms with Crippen LogP contribution in [-0.4, -0.2) is 27.2 Å². The minimum atomic E-state index is -0.291. The number of amides is 1. The van der Waals surface area contributed by atoms with Gasteiger partial charge in [0.2, 0.25) is 12.7 Å². The number of hydrogen-bond acceptors (Lipinski definition) is 6. The fraction of sp³-hybridized carbons (Fsp3) is 0.200. The van der Waals surface area contributed by atoms with Crippen LogP contribution in [0.5, 0.6) is 11.5 Å². The van der Waals surface area contributed by atoms with Gasteiger partial charge in [0.25, 0.3) is 5.56 Å². The number of nitrogens with one attached hydrogen (secondary N) is 1. The van der Waals surface area contributed by atoms with Crippen LogP contribution in [0.1, 0.15) is 11.3 Å². The Kier molecular flexibility index (Phi) is 4.76. The number of aryl methyl sites for hydroxylation is 1. The number of carbonyl (C=O) groups excluding carboxylic acids is 1. The molecule has 0 aliphatic carbocycles. The molecule has 1 aromatic carbocycles. The first-order valence-corrected chi connectivity index (χ1v) is 8.74. The zero-order valence-electron chi connectivity index (χ0n) is 15.2. The summed E-state index contributed by atoms with van der Waals surface area (Å²) < 4.78 is 12.0. The third-order valence-corrected chi connectivity index (χ3v) is 4.30. The van der Waals surface area contributed by atoms with Crippen molar-refractivity contribution in [3.05, 3.63) is 70.4 Å². The Labute approximate surface area is 160 Å². The van der Waals surface area contributed by atoms with Crippen LogP contribution >= 0.6 is 0 Å². The van der Waals surface area contributed by atoms with Gasteiger partial charge in [0, 0.05) is 36.3 Å². The molecule has 0 unspecified atom stereocenters. The second-order valence-electron chi connectivity index (χ2n) is 6.35. The number of pyridine rings is 1. The van der Waals surface area contributed by atoms with Gasteiger partial charge < -0.3 is 14.8 Å². The van der Waals surface area contributed by atoms with Crippen molar-refractivity contribution in [2.45, 2.75) is 20.0 Å². The molecule has 0 spiro atoms. The maximum Gasteiger partial charge on any atom is 0.254 e. The standard InChI is InChI=1S/C20H18N4O4/c1-13-8-19(26)24(20(23-13)15-4-6-21-7-5-15)11-18(25)22-10-14-2-3-16-17(9-14)28-12-27-16/h2-9H,10-12H2,1H3,(H,22,25). The molecule has 3 heterocycles. The molecular weight excluding hydrogens is 360 g/mol. The maximum absolute atomic E-state index is 12.5. The Morgan fingerprint density at radius 2 is 1.93 bits per heavy atom. The molecule has 1 amide bonds. The summed E-state index contributed by atoms with van der Waals surface area (Å²) in [5.41, 5.74) is 1.91. The zero-order valence-corrected chi connectivity index (χ0v) is 15.2. The monoisotopic (exact) mass is 378 g/mol. The first-order valence-electron chi connectivity index (χ1n) is 8.74. The SMILES string of the molecule is Cc1cc(=O)n(CC(=O)NCc2ccc3c(c2)OCO3)c(-c2ccncc2)n1. The topological polar surface area (TPSA) is 95.3 Å². The van der Waals surface area contributed by atoms with E-state index in [4.69, 9.17) is 9.47 Å². The molecule has 0 saturated carbocycles. The molecule has 3 aromatic rings. The van der Waals surface area contributed by atoms with Crippen LogP contribution in [0.2, 0.25) is 0 Å². The smallest absolute Gasteiger partial charge is 0.254 e. The van der Waals surface area contributed by atoms with E-state index in [-0.39, 0.29) is 24.8 Å². The molecule has 0 fully saturated rings. The third kappa shape index (κ3) is 3.71. The highest BCUT2D eigenvalue weighted by atomic mass is 16.7. The highest BCUT2D eigenvalue weighted by Crippen LogP contribution is 2.32. The van der Waals surface area contributed by atoms with Crippen molar-refractivity contribution in [2.24, 2.45) is 0 Å². The van der Waals surface area contributed by atoms with Gasteiger partial charge in [-0.1, -0.05) is 6.07 Å². The summed E-state index contributed by atoms with van der Waals surface area (Å²) in [6.07, 6.45) is 3.24. The Hall–Kier alpha value is -3.68. The zero-order chi connectivity index (χ0) is 19.5. The highest BCUT2D eigenvalue weighted by Gasteiger charge is 2.15. The van der Waals surface area contributed by atoms with Crippen molar-refractivity contribution in [2.75, 3.05) is 6.79 Å². The van der Waals surface area contributed by atoms with E-state index in [9.17, 15) is 9.59 Å². The van der Waals surface area contributed by atoms with Crippen LogP contribution in [0.4, 0.5) is 0 Å². The number of ether oxygens (including phenoxy) is 2. The summed E-state index contributed by atoms with van der Waals surface area (Å²) in [7, 11) is 0. The van der Waals surface area contributed by atoms with Gasteiger partial charge in [0.15, 0.2) is 11.5 Å². The molecule has 0 atom stereocenters. The summed E-state index contributed by atoms with van der Waals surface area (Å²) in [5, 5.41) is 2.82. The van der Waals surface area contributed by atoms with Crippen molar-refractivity contribution < 1.29 is 14.3 Å². The molecule has 1 N–H and O–H groups in total. The lowest BCUT2D eigenvalue weighted by atomic mass is 10.2. The highest BCUT2D eigenvalue weighted by molar-refractivity contribution is 5.76. The van der Waals surface area contributed by atoms with Crippen LogP contribution in [-0.2, 0) is 17.9 Å². The van der Waals surface area contributed by atoms with Crippen molar-refractivity contribution in [1.29, 1.82) is 0 Å². The van der Waals surface area contributed by atoms with Crippen LogP contribution in [0.3, 0.4) is 0 Å². The molecule has 28 heavy (non-hydrogen) atoms. The summed E-state index contributed by atoms with van der Waals surface area (Å²) in [6.45, 7) is 2.13. The average molecular weight is 378 g/mol. The molecule has 0 radical (unpaired) electrons. The molecule has 8 heteroatoms. The fourth-order valence-electron chi connectivity index (χ4n) is 2.95. The Bertz CT molecular complexity index is 1080. The normalized spacial score (nSPS) is 12.0. The van der Waals surface area contributed by atoms with Gasteiger partial charge in [-0.3, -0.25) is 19.1 Å². The van der Waals surface area contributed by atoms with Crippen molar-refractivity contribution in [1.82, 2.24) is 19.9 Å². The third-order valence-electron chi connectivity index (χ3n) is 4.30. The second kappa shape index (κ2) is 7.51. The van der Waals surface area contributed by atoms with Gasteiger partial charge >= 0.3 is 0 Å². The van der Waals surface area contributed by atoms with E-state index in [1.54, 1.807) is 37.5 Å². The van der Waals surface area contributed by atoms with E-state index >= 15 is 0 Å². The van der Waals surface area contributed by atoms with E-state index < -0.39 is 0 Å². The lowest BCUT2D eigenvalue weighted by Crippen LogP contribution is -2.33. The molecule has 142 valence electrons. The Morgan fingerprint density at radius 3 is 2.75 bits per heavy atom. The fourth-order valence-corrected chi connectivity index (χ4v) is 2.95. The van der Waals surface area contributed by atoms with Crippen LogP contribution < -0.4 is 20.3 Å². The summed E-state index contributed by atoms with van der Waals surface area (Å²) >= 11 is 0. The van der Waals surface area contributed by atoms with Crippen LogP contribution in [0, 0.1) is 6.92 Å². The Morgan fingerprint density at radius 1 is 1.14 bits per heavy atom. The molecule has 0 saturated heterocycles. The van der Waals surface area contributed by atoms with Gasteiger partial charge in [0.05, 0.1) is 0 Å². The molecule has 2 aromatic heterocycles. The molecular formula is C20H18N4O4. The quantitative estimate of drug-likeness (QED) is 0.726. The second-order valence-corrected chi connectivity index (χ2v) is 6.35.